The van der Waals surface area contributed by atoms with Crippen LogP contribution in [0.15, 0.2) is 65.1 Å². The van der Waals surface area contributed by atoms with Crippen LogP contribution in [0.1, 0.15) is 41.1 Å². The number of hydrogen-bond acceptors (Lipinski definition) is 3. The number of hydrogen-bond donors (Lipinski definition) is 0. The zero-order valence-corrected chi connectivity index (χ0v) is 15.0. The van der Waals surface area contributed by atoms with E-state index < -0.39 is 5.82 Å². The number of furan rings is 1. The molecule has 0 saturated heterocycles. The van der Waals surface area contributed by atoms with Crippen LogP contribution in [0.5, 0.6) is 5.75 Å². The third-order valence-electron chi connectivity index (χ3n) is 4.87. The SMILES string of the molecule is C[C@H]1CCN(C(=O)c2ccc(COc3ccccc3F)o2)c2ccccc21. The average molecular weight is 365 g/mol. The number of benzene rings is 2. The molecule has 4 rings (SSSR count). The van der Waals surface area contributed by atoms with Crippen LogP contribution in [0.25, 0.3) is 0 Å². The lowest BCUT2D eigenvalue weighted by atomic mass is 9.91. The number of carbonyl (C=O) groups is 1. The van der Waals surface area contributed by atoms with Crippen LogP contribution in [-0.2, 0) is 6.61 Å². The Morgan fingerprint density at radius 2 is 1.93 bits per heavy atom. The Morgan fingerprint density at radius 1 is 1.15 bits per heavy atom. The van der Waals surface area contributed by atoms with Gasteiger partial charge in [-0.3, -0.25) is 4.79 Å². The zero-order chi connectivity index (χ0) is 18.8. The number of carbonyl (C=O) groups excluding carboxylic acids is 1. The Bertz CT molecular complexity index is 965. The summed E-state index contributed by atoms with van der Waals surface area (Å²) in [5.74, 6) is 0.699. The fourth-order valence-corrected chi connectivity index (χ4v) is 3.37. The van der Waals surface area contributed by atoms with E-state index in [1.54, 1.807) is 35.2 Å². The van der Waals surface area contributed by atoms with Gasteiger partial charge in [0, 0.05) is 12.2 Å². The predicted molar refractivity (Wildman–Crippen MR) is 101 cm³/mol. The van der Waals surface area contributed by atoms with Crippen molar-refractivity contribution in [2.24, 2.45) is 0 Å². The molecule has 0 radical (unpaired) electrons. The lowest BCUT2D eigenvalue weighted by molar-refractivity contribution is 0.0953. The molecule has 0 aliphatic carbocycles. The molecule has 1 amide bonds. The molecule has 0 N–H and O–H groups in total. The number of ether oxygens (including phenoxy) is 1. The summed E-state index contributed by atoms with van der Waals surface area (Å²) in [6, 6.07) is 17.5. The maximum absolute atomic E-state index is 13.6. The van der Waals surface area contributed by atoms with E-state index in [4.69, 9.17) is 9.15 Å². The number of halogens is 1. The van der Waals surface area contributed by atoms with Crippen LogP contribution in [0.3, 0.4) is 0 Å². The van der Waals surface area contributed by atoms with Gasteiger partial charge in [0.2, 0.25) is 0 Å². The first-order valence-corrected chi connectivity index (χ1v) is 9.00. The molecular weight excluding hydrogens is 345 g/mol. The summed E-state index contributed by atoms with van der Waals surface area (Å²) < 4.78 is 24.7. The minimum absolute atomic E-state index is 0.0574. The van der Waals surface area contributed by atoms with E-state index in [0.29, 0.717) is 18.2 Å². The van der Waals surface area contributed by atoms with Crippen LogP contribution < -0.4 is 9.64 Å². The van der Waals surface area contributed by atoms with Crippen molar-refractivity contribution in [1.82, 2.24) is 0 Å². The monoisotopic (exact) mass is 365 g/mol. The van der Waals surface area contributed by atoms with Crippen molar-refractivity contribution in [3.63, 3.8) is 0 Å². The van der Waals surface area contributed by atoms with Crippen LogP contribution in [0.4, 0.5) is 10.1 Å². The van der Waals surface area contributed by atoms with Gasteiger partial charge in [-0.25, -0.2) is 4.39 Å². The molecule has 0 fully saturated rings. The molecule has 0 unspecified atom stereocenters. The second-order valence-electron chi connectivity index (χ2n) is 6.69. The molecule has 1 aliphatic heterocycles. The molecular formula is C22H20FNO3. The predicted octanol–water partition coefficient (Wildman–Crippen LogP) is 5.15. The van der Waals surface area contributed by atoms with Gasteiger partial charge < -0.3 is 14.1 Å². The standard InChI is InChI=1S/C22H20FNO3/c1-15-12-13-24(19-8-4-2-6-17(15)19)22(25)21-11-10-16(27-21)14-26-20-9-5-3-7-18(20)23/h2-11,15H,12-14H2,1H3/t15-/m0/s1. The lowest BCUT2D eigenvalue weighted by Crippen LogP contribution is -2.36. The Hall–Kier alpha value is -3.08. The molecule has 3 aromatic rings. The molecule has 1 atom stereocenters. The zero-order valence-electron chi connectivity index (χ0n) is 15.0. The fraction of sp³-hybridized carbons (Fsp3) is 0.227. The lowest BCUT2D eigenvalue weighted by Gasteiger charge is -2.32. The van der Waals surface area contributed by atoms with Gasteiger partial charge in [0.1, 0.15) is 12.4 Å². The van der Waals surface area contributed by atoms with E-state index in [0.717, 1.165) is 12.1 Å². The summed E-state index contributed by atoms with van der Waals surface area (Å²) in [4.78, 5) is 14.7. The van der Waals surface area contributed by atoms with Gasteiger partial charge >= 0.3 is 0 Å². The third-order valence-corrected chi connectivity index (χ3v) is 4.87. The molecule has 2 aromatic carbocycles. The molecule has 138 valence electrons. The first kappa shape index (κ1) is 17.3. The van der Waals surface area contributed by atoms with Crippen LogP contribution >= 0.6 is 0 Å². The van der Waals surface area contributed by atoms with E-state index in [-0.39, 0.29) is 24.0 Å². The van der Waals surface area contributed by atoms with Crippen molar-refractivity contribution in [3.8, 4) is 5.75 Å². The van der Waals surface area contributed by atoms with Crippen molar-refractivity contribution >= 4 is 11.6 Å². The molecule has 27 heavy (non-hydrogen) atoms. The number of fused-ring (bicyclic) bond motifs is 1. The Kier molecular flexibility index (Phi) is 4.67. The summed E-state index contributed by atoms with van der Waals surface area (Å²) in [6.45, 7) is 2.88. The van der Waals surface area contributed by atoms with Crippen molar-refractivity contribution in [3.05, 3.63) is 83.6 Å². The van der Waals surface area contributed by atoms with Crippen LogP contribution in [0.2, 0.25) is 0 Å². The Labute approximate surface area is 157 Å². The van der Waals surface area contributed by atoms with Crippen molar-refractivity contribution in [1.29, 1.82) is 0 Å². The summed E-state index contributed by atoms with van der Waals surface area (Å²) in [5, 5.41) is 0. The van der Waals surface area contributed by atoms with Gasteiger partial charge in [-0.2, -0.15) is 0 Å². The quantitative estimate of drug-likeness (QED) is 0.642. The minimum atomic E-state index is -0.431. The van der Waals surface area contributed by atoms with Crippen molar-refractivity contribution in [2.75, 3.05) is 11.4 Å². The second kappa shape index (κ2) is 7.27. The summed E-state index contributed by atoms with van der Waals surface area (Å²) in [7, 11) is 0. The van der Waals surface area contributed by atoms with Gasteiger partial charge in [0.15, 0.2) is 17.3 Å². The Morgan fingerprint density at radius 3 is 2.78 bits per heavy atom. The topological polar surface area (TPSA) is 42.7 Å². The summed E-state index contributed by atoms with van der Waals surface area (Å²) in [6.07, 6.45) is 0.909. The maximum Gasteiger partial charge on any atom is 0.293 e. The first-order valence-electron chi connectivity index (χ1n) is 9.00. The largest absolute Gasteiger partial charge is 0.483 e. The average Bonchev–Trinajstić information content (AvgIpc) is 3.16. The molecule has 4 nitrogen and oxygen atoms in total. The van der Waals surface area contributed by atoms with Crippen molar-refractivity contribution < 1.29 is 18.3 Å². The molecule has 1 aromatic heterocycles. The molecule has 1 aliphatic rings. The smallest absolute Gasteiger partial charge is 0.293 e. The van der Waals surface area contributed by atoms with Gasteiger partial charge in [-0.1, -0.05) is 37.3 Å². The van der Waals surface area contributed by atoms with Gasteiger partial charge in [-0.05, 0) is 48.2 Å². The highest BCUT2D eigenvalue weighted by Gasteiger charge is 2.28. The van der Waals surface area contributed by atoms with Crippen molar-refractivity contribution in [2.45, 2.75) is 25.9 Å². The Balaban J connectivity index is 1.49. The first-order chi connectivity index (χ1) is 13.1. The number of para-hydroxylation sites is 2. The van der Waals surface area contributed by atoms with E-state index in [2.05, 4.69) is 13.0 Å². The third kappa shape index (κ3) is 3.45. The number of rotatable bonds is 4. The highest BCUT2D eigenvalue weighted by Crippen LogP contribution is 2.35. The molecule has 0 bridgehead atoms. The summed E-state index contributed by atoms with van der Waals surface area (Å²) >= 11 is 0. The maximum atomic E-state index is 13.6. The number of anilines is 1. The molecule has 2 heterocycles. The van der Waals surface area contributed by atoms with E-state index >= 15 is 0 Å². The minimum Gasteiger partial charge on any atom is -0.483 e. The van der Waals surface area contributed by atoms with Gasteiger partial charge in [-0.15, -0.1) is 0 Å². The summed E-state index contributed by atoms with van der Waals surface area (Å²) in [5.41, 5.74) is 2.11. The van der Waals surface area contributed by atoms with Crippen LogP contribution in [-0.4, -0.2) is 12.5 Å². The van der Waals surface area contributed by atoms with Gasteiger partial charge in [0.25, 0.3) is 5.91 Å². The molecule has 0 saturated carbocycles. The second-order valence-corrected chi connectivity index (χ2v) is 6.69. The molecule has 5 heteroatoms. The van der Waals surface area contributed by atoms with Gasteiger partial charge in [0.05, 0.1) is 0 Å². The highest BCUT2D eigenvalue weighted by molar-refractivity contribution is 6.05. The normalized spacial score (nSPS) is 16.1. The van der Waals surface area contributed by atoms with E-state index in [1.807, 2.05) is 18.2 Å². The van der Waals surface area contributed by atoms with E-state index in [1.165, 1.54) is 11.6 Å². The fourth-order valence-electron chi connectivity index (χ4n) is 3.37. The van der Waals surface area contributed by atoms with Crippen LogP contribution in [0, 0.1) is 5.82 Å². The highest BCUT2D eigenvalue weighted by atomic mass is 19.1. The van der Waals surface area contributed by atoms with E-state index in [9.17, 15) is 9.18 Å². The number of nitrogens with zero attached hydrogens (tertiary/aromatic N) is 1. The molecule has 0 spiro atoms. The number of amides is 1.